The van der Waals surface area contributed by atoms with Crippen LogP contribution < -0.4 is 25.2 Å². The monoisotopic (exact) mass is 524 g/mol. The van der Waals surface area contributed by atoms with E-state index in [9.17, 15) is 9.59 Å². The van der Waals surface area contributed by atoms with Crippen LogP contribution in [-0.2, 0) is 6.54 Å². The maximum atomic E-state index is 13.0. The van der Waals surface area contributed by atoms with E-state index in [4.69, 9.17) is 9.15 Å². The summed E-state index contributed by atoms with van der Waals surface area (Å²) >= 11 is 0. The first-order valence-electron chi connectivity index (χ1n) is 13.0. The number of piperazine rings is 1. The number of aryl methyl sites for hydroxylation is 1. The Morgan fingerprint density at radius 1 is 0.846 bits per heavy atom. The lowest BCUT2D eigenvalue weighted by Gasteiger charge is -2.38. The van der Waals surface area contributed by atoms with Crippen molar-refractivity contribution >= 4 is 28.9 Å². The highest BCUT2D eigenvalue weighted by atomic mass is 16.5. The first kappa shape index (κ1) is 25.9. The number of para-hydroxylation sites is 1. The normalized spacial score (nSPS) is 13.2. The Bertz CT molecular complexity index is 1430. The Balaban J connectivity index is 1.33. The predicted molar refractivity (Wildman–Crippen MR) is 153 cm³/mol. The van der Waals surface area contributed by atoms with Gasteiger partial charge in [-0.25, -0.2) is 0 Å². The third-order valence-electron chi connectivity index (χ3n) is 6.94. The van der Waals surface area contributed by atoms with Crippen LogP contribution >= 0.6 is 0 Å². The van der Waals surface area contributed by atoms with Crippen LogP contribution in [0.5, 0.6) is 5.75 Å². The van der Waals surface area contributed by atoms with Crippen molar-refractivity contribution in [3.63, 3.8) is 0 Å². The van der Waals surface area contributed by atoms with Crippen LogP contribution in [0.15, 0.2) is 89.5 Å². The fourth-order valence-corrected chi connectivity index (χ4v) is 4.78. The molecule has 0 spiro atoms. The van der Waals surface area contributed by atoms with Gasteiger partial charge in [0.05, 0.1) is 24.7 Å². The second-order valence-electron chi connectivity index (χ2n) is 9.45. The highest BCUT2D eigenvalue weighted by Crippen LogP contribution is 2.30. The van der Waals surface area contributed by atoms with Crippen molar-refractivity contribution in [2.75, 3.05) is 48.4 Å². The van der Waals surface area contributed by atoms with Gasteiger partial charge in [-0.15, -0.1) is 0 Å². The van der Waals surface area contributed by atoms with E-state index in [0.29, 0.717) is 17.8 Å². The standard InChI is InChI=1S/C31H32N4O4/c1-22-6-3-4-7-27(22)34-15-17-35(18-16-34)28-14-11-24(20-26(28)33-31(37)29-8-5-19-39-29)30(36)32-21-23-9-12-25(38-2)13-10-23/h3-14,19-20H,15-18,21H2,1-2H3,(H,32,36)(H,33,37). The number of ether oxygens (including phenoxy) is 1. The van der Waals surface area contributed by atoms with Gasteiger partial charge in [0.25, 0.3) is 11.8 Å². The number of amides is 2. The topological polar surface area (TPSA) is 87.0 Å². The molecule has 1 aromatic heterocycles. The number of furan rings is 1. The van der Waals surface area contributed by atoms with Crippen molar-refractivity contribution in [1.82, 2.24) is 5.32 Å². The molecule has 1 aliphatic heterocycles. The second kappa shape index (κ2) is 11.8. The average molecular weight is 525 g/mol. The van der Waals surface area contributed by atoms with Crippen LogP contribution in [-0.4, -0.2) is 45.1 Å². The maximum absolute atomic E-state index is 13.0. The molecule has 39 heavy (non-hydrogen) atoms. The summed E-state index contributed by atoms with van der Waals surface area (Å²) in [6.07, 6.45) is 1.46. The lowest BCUT2D eigenvalue weighted by atomic mass is 10.1. The van der Waals surface area contributed by atoms with Crippen molar-refractivity contribution in [3.8, 4) is 5.75 Å². The number of rotatable bonds is 8. The van der Waals surface area contributed by atoms with Crippen LogP contribution in [0, 0.1) is 6.92 Å². The van der Waals surface area contributed by atoms with Gasteiger partial charge in [0.1, 0.15) is 5.75 Å². The summed E-state index contributed by atoms with van der Waals surface area (Å²) in [4.78, 5) is 30.6. The molecule has 1 saturated heterocycles. The van der Waals surface area contributed by atoms with Gasteiger partial charge < -0.3 is 29.6 Å². The molecule has 0 saturated carbocycles. The third-order valence-corrected chi connectivity index (χ3v) is 6.94. The SMILES string of the molecule is COc1ccc(CNC(=O)c2ccc(N3CCN(c4ccccc4C)CC3)c(NC(=O)c3ccco3)c2)cc1. The van der Waals surface area contributed by atoms with Gasteiger partial charge in [-0.2, -0.15) is 0 Å². The first-order chi connectivity index (χ1) is 19.0. The number of hydrogen-bond acceptors (Lipinski definition) is 6. The van der Waals surface area contributed by atoms with Gasteiger partial charge in [0.2, 0.25) is 0 Å². The highest BCUT2D eigenvalue weighted by molar-refractivity contribution is 6.05. The summed E-state index contributed by atoms with van der Waals surface area (Å²) in [5.41, 5.74) is 5.35. The highest BCUT2D eigenvalue weighted by Gasteiger charge is 2.23. The van der Waals surface area contributed by atoms with Crippen molar-refractivity contribution in [3.05, 3.63) is 108 Å². The lowest BCUT2D eigenvalue weighted by Crippen LogP contribution is -2.47. The van der Waals surface area contributed by atoms with Crippen molar-refractivity contribution in [2.24, 2.45) is 0 Å². The average Bonchev–Trinajstić information content (AvgIpc) is 3.52. The molecule has 0 radical (unpaired) electrons. The number of anilines is 3. The quantitative estimate of drug-likeness (QED) is 0.333. The molecule has 4 aromatic rings. The molecule has 0 unspecified atom stereocenters. The van der Waals surface area contributed by atoms with E-state index < -0.39 is 0 Å². The van der Waals surface area contributed by atoms with Crippen molar-refractivity contribution in [1.29, 1.82) is 0 Å². The molecular weight excluding hydrogens is 492 g/mol. The molecular formula is C31H32N4O4. The molecule has 8 heteroatoms. The lowest BCUT2D eigenvalue weighted by molar-refractivity contribution is 0.0949. The molecule has 200 valence electrons. The van der Waals surface area contributed by atoms with E-state index in [-0.39, 0.29) is 17.6 Å². The van der Waals surface area contributed by atoms with Crippen LogP contribution in [0.25, 0.3) is 0 Å². The Morgan fingerprint density at radius 2 is 1.56 bits per heavy atom. The number of carbonyl (C=O) groups is 2. The van der Waals surface area contributed by atoms with Crippen LogP contribution in [0.2, 0.25) is 0 Å². The zero-order valence-corrected chi connectivity index (χ0v) is 22.1. The van der Waals surface area contributed by atoms with Gasteiger partial charge in [0.15, 0.2) is 5.76 Å². The summed E-state index contributed by atoms with van der Waals surface area (Å²) < 4.78 is 10.5. The fourth-order valence-electron chi connectivity index (χ4n) is 4.78. The van der Waals surface area contributed by atoms with E-state index in [1.807, 2.05) is 30.3 Å². The summed E-state index contributed by atoms with van der Waals surface area (Å²) in [5, 5.41) is 5.92. The van der Waals surface area contributed by atoms with E-state index in [1.54, 1.807) is 31.4 Å². The molecule has 2 N–H and O–H groups in total. The third kappa shape index (κ3) is 6.06. The Hall–Kier alpha value is -4.72. The molecule has 0 aliphatic carbocycles. The van der Waals surface area contributed by atoms with Gasteiger partial charge in [0, 0.05) is 44.0 Å². The van der Waals surface area contributed by atoms with Gasteiger partial charge >= 0.3 is 0 Å². The molecule has 2 amide bonds. The summed E-state index contributed by atoms with van der Waals surface area (Å²) in [7, 11) is 1.62. The Kier molecular flexibility index (Phi) is 7.82. The van der Waals surface area contributed by atoms with Crippen LogP contribution in [0.1, 0.15) is 32.0 Å². The van der Waals surface area contributed by atoms with Crippen molar-refractivity contribution < 1.29 is 18.7 Å². The van der Waals surface area contributed by atoms with Crippen LogP contribution in [0.3, 0.4) is 0 Å². The molecule has 1 fully saturated rings. The smallest absolute Gasteiger partial charge is 0.291 e. The van der Waals surface area contributed by atoms with E-state index >= 15 is 0 Å². The minimum absolute atomic E-state index is 0.208. The minimum atomic E-state index is -0.365. The molecule has 5 rings (SSSR count). The zero-order chi connectivity index (χ0) is 27.2. The number of nitrogens with zero attached hydrogens (tertiary/aromatic N) is 2. The van der Waals surface area contributed by atoms with Crippen LogP contribution in [0.4, 0.5) is 17.1 Å². The summed E-state index contributed by atoms with van der Waals surface area (Å²) in [6, 6.07) is 24.7. The number of carbonyl (C=O) groups excluding carboxylic acids is 2. The van der Waals surface area contributed by atoms with Crippen molar-refractivity contribution in [2.45, 2.75) is 13.5 Å². The second-order valence-corrected chi connectivity index (χ2v) is 9.45. The van der Waals surface area contributed by atoms with E-state index in [1.165, 1.54) is 17.5 Å². The number of nitrogens with one attached hydrogen (secondary N) is 2. The van der Waals surface area contributed by atoms with Gasteiger partial charge in [-0.3, -0.25) is 9.59 Å². The number of methoxy groups -OCH3 is 1. The molecule has 0 bridgehead atoms. The number of benzene rings is 3. The first-order valence-corrected chi connectivity index (χ1v) is 13.0. The van der Waals surface area contributed by atoms with E-state index in [0.717, 1.165) is 43.2 Å². The van der Waals surface area contributed by atoms with Gasteiger partial charge in [-0.1, -0.05) is 30.3 Å². The fraction of sp³-hybridized carbons (Fsp3) is 0.226. The minimum Gasteiger partial charge on any atom is -0.497 e. The number of hydrogen-bond donors (Lipinski definition) is 2. The molecule has 1 aliphatic rings. The van der Waals surface area contributed by atoms with Gasteiger partial charge in [-0.05, 0) is 66.6 Å². The maximum Gasteiger partial charge on any atom is 0.291 e. The predicted octanol–water partition coefficient (Wildman–Crippen LogP) is 5.11. The zero-order valence-electron chi connectivity index (χ0n) is 22.1. The Morgan fingerprint density at radius 3 is 2.23 bits per heavy atom. The van der Waals surface area contributed by atoms with E-state index in [2.05, 4.69) is 51.6 Å². The molecule has 3 aromatic carbocycles. The summed E-state index contributed by atoms with van der Waals surface area (Å²) in [6.45, 7) is 5.75. The largest absolute Gasteiger partial charge is 0.497 e. The summed E-state index contributed by atoms with van der Waals surface area (Å²) in [5.74, 6) is 0.378. The molecule has 0 atom stereocenters. The Labute approximate surface area is 228 Å². The molecule has 2 heterocycles. The molecule has 8 nitrogen and oxygen atoms in total.